The molecule has 0 aliphatic carbocycles. The quantitative estimate of drug-likeness (QED) is 0.802. The number of nitrogens with zero attached hydrogens (tertiary/aromatic N) is 2. The van der Waals surface area contributed by atoms with Crippen LogP contribution in [0.3, 0.4) is 0 Å². The van der Waals surface area contributed by atoms with Gasteiger partial charge in [-0.2, -0.15) is 0 Å². The summed E-state index contributed by atoms with van der Waals surface area (Å²) < 4.78 is 16.4. The van der Waals surface area contributed by atoms with E-state index in [0.717, 1.165) is 6.42 Å². The second-order valence-corrected chi connectivity index (χ2v) is 4.23. The van der Waals surface area contributed by atoms with E-state index >= 15 is 0 Å². The van der Waals surface area contributed by atoms with Crippen LogP contribution in [-0.2, 0) is 9.47 Å². The zero-order valence-corrected chi connectivity index (χ0v) is 10.3. The smallest absolute Gasteiger partial charge is 0.232 e. The predicted molar refractivity (Wildman–Crippen MR) is 61.6 cm³/mol. The van der Waals surface area contributed by atoms with Gasteiger partial charge in [0.2, 0.25) is 12.2 Å². The number of hydrogen-bond acceptors (Lipinski definition) is 5. The van der Waals surface area contributed by atoms with E-state index in [1.165, 1.54) is 0 Å². The van der Waals surface area contributed by atoms with Crippen LogP contribution in [0.25, 0.3) is 0 Å². The number of hydrogen-bond donors (Lipinski definition) is 0. The van der Waals surface area contributed by atoms with E-state index in [0.29, 0.717) is 37.3 Å². The van der Waals surface area contributed by atoms with Crippen LogP contribution in [-0.4, -0.2) is 29.8 Å². The minimum Gasteiger partial charge on any atom is -0.477 e. The van der Waals surface area contributed by atoms with E-state index in [1.54, 1.807) is 12.4 Å². The third-order valence-electron chi connectivity index (χ3n) is 2.41. The average Bonchev–Trinajstić information content (AvgIpc) is 2.38. The lowest BCUT2D eigenvalue weighted by Gasteiger charge is -2.26. The van der Waals surface area contributed by atoms with Gasteiger partial charge in [-0.25, -0.2) is 9.97 Å². The fourth-order valence-electron chi connectivity index (χ4n) is 1.50. The van der Waals surface area contributed by atoms with Gasteiger partial charge in [-0.05, 0) is 6.42 Å². The van der Waals surface area contributed by atoms with Crippen molar-refractivity contribution in [1.82, 2.24) is 9.97 Å². The minimum atomic E-state index is -0.390. The molecule has 0 N–H and O–H groups in total. The lowest BCUT2D eigenvalue weighted by Crippen LogP contribution is -2.25. The molecule has 0 saturated carbocycles. The molecule has 0 amide bonds. The largest absolute Gasteiger partial charge is 0.477 e. The van der Waals surface area contributed by atoms with Crippen molar-refractivity contribution in [1.29, 1.82) is 0 Å². The Morgan fingerprint density at radius 2 is 2.06 bits per heavy atom. The fourth-order valence-corrected chi connectivity index (χ4v) is 1.50. The monoisotopic (exact) mass is 238 g/mol. The van der Waals surface area contributed by atoms with Crippen molar-refractivity contribution in [2.24, 2.45) is 5.92 Å². The van der Waals surface area contributed by atoms with Gasteiger partial charge in [0.1, 0.15) is 5.69 Å². The standard InChI is InChI=1S/C12H18N2O3/c1-3-4-15-11-6-13-10(5-14-11)12-16-7-9(2)8-17-12/h5-6,9,12H,3-4,7-8H2,1-2H3. The lowest BCUT2D eigenvalue weighted by atomic mass is 10.2. The summed E-state index contributed by atoms with van der Waals surface area (Å²) in [5, 5.41) is 0. The molecule has 0 spiro atoms. The van der Waals surface area contributed by atoms with Gasteiger partial charge in [-0.15, -0.1) is 0 Å². The molecular formula is C12H18N2O3. The van der Waals surface area contributed by atoms with E-state index in [4.69, 9.17) is 14.2 Å². The molecule has 2 rings (SSSR count). The Labute approximate surface area is 101 Å². The van der Waals surface area contributed by atoms with Crippen LogP contribution in [0.4, 0.5) is 0 Å². The Balaban J connectivity index is 1.93. The Hall–Kier alpha value is -1.20. The Bertz CT molecular complexity index is 334. The van der Waals surface area contributed by atoms with Gasteiger partial charge in [0, 0.05) is 5.92 Å². The SMILES string of the molecule is CCCOc1cnc(C2OCC(C)CO2)cn1. The molecule has 1 aliphatic rings. The Kier molecular flexibility index (Phi) is 4.28. The topological polar surface area (TPSA) is 53.5 Å². The van der Waals surface area contributed by atoms with Gasteiger partial charge in [0.05, 0.1) is 32.2 Å². The highest BCUT2D eigenvalue weighted by Gasteiger charge is 2.22. The van der Waals surface area contributed by atoms with E-state index in [9.17, 15) is 0 Å². The summed E-state index contributed by atoms with van der Waals surface area (Å²) in [7, 11) is 0. The number of aromatic nitrogens is 2. The van der Waals surface area contributed by atoms with Crippen molar-refractivity contribution in [3.63, 3.8) is 0 Å². The van der Waals surface area contributed by atoms with Crippen LogP contribution in [0.5, 0.6) is 5.88 Å². The molecule has 94 valence electrons. The Morgan fingerprint density at radius 1 is 1.29 bits per heavy atom. The molecule has 5 nitrogen and oxygen atoms in total. The van der Waals surface area contributed by atoms with Crippen LogP contribution >= 0.6 is 0 Å². The van der Waals surface area contributed by atoms with Gasteiger partial charge in [0.25, 0.3) is 0 Å². The lowest BCUT2D eigenvalue weighted by molar-refractivity contribution is -0.204. The molecule has 1 aliphatic heterocycles. The molecule has 0 bridgehead atoms. The molecule has 17 heavy (non-hydrogen) atoms. The summed E-state index contributed by atoms with van der Waals surface area (Å²) in [5.41, 5.74) is 0.695. The second-order valence-electron chi connectivity index (χ2n) is 4.23. The summed E-state index contributed by atoms with van der Waals surface area (Å²) in [6, 6.07) is 0. The number of rotatable bonds is 4. The van der Waals surface area contributed by atoms with Crippen LogP contribution in [0, 0.1) is 5.92 Å². The zero-order valence-electron chi connectivity index (χ0n) is 10.3. The van der Waals surface area contributed by atoms with E-state index < -0.39 is 0 Å². The first-order valence-electron chi connectivity index (χ1n) is 5.97. The highest BCUT2D eigenvalue weighted by atomic mass is 16.7. The molecule has 1 aromatic rings. The van der Waals surface area contributed by atoms with Crippen molar-refractivity contribution in [2.75, 3.05) is 19.8 Å². The summed E-state index contributed by atoms with van der Waals surface area (Å²) >= 11 is 0. The van der Waals surface area contributed by atoms with Crippen LogP contribution in [0.15, 0.2) is 12.4 Å². The van der Waals surface area contributed by atoms with Crippen molar-refractivity contribution in [2.45, 2.75) is 26.6 Å². The maximum atomic E-state index is 5.53. The normalized spacial score (nSPS) is 24.6. The molecule has 0 radical (unpaired) electrons. The molecular weight excluding hydrogens is 220 g/mol. The average molecular weight is 238 g/mol. The van der Waals surface area contributed by atoms with Gasteiger partial charge in [-0.3, -0.25) is 0 Å². The first-order chi connectivity index (χ1) is 8.29. The van der Waals surface area contributed by atoms with Crippen molar-refractivity contribution < 1.29 is 14.2 Å². The van der Waals surface area contributed by atoms with Gasteiger partial charge in [0.15, 0.2) is 0 Å². The molecule has 5 heteroatoms. The molecule has 1 fully saturated rings. The summed E-state index contributed by atoms with van der Waals surface area (Å²) in [6.45, 7) is 6.18. The molecule has 0 atom stereocenters. The summed E-state index contributed by atoms with van der Waals surface area (Å²) in [4.78, 5) is 8.41. The van der Waals surface area contributed by atoms with E-state index in [-0.39, 0.29) is 6.29 Å². The highest BCUT2D eigenvalue weighted by molar-refractivity contribution is 5.08. The van der Waals surface area contributed by atoms with Crippen LogP contribution in [0.2, 0.25) is 0 Å². The molecule has 1 saturated heterocycles. The van der Waals surface area contributed by atoms with Crippen molar-refractivity contribution >= 4 is 0 Å². The summed E-state index contributed by atoms with van der Waals surface area (Å²) in [6.07, 6.45) is 3.82. The second kappa shape index (κ2) is 5.93. The first kappa shape index (κ1) is 12.3. The fraction of sp³-hybridized carbons (Fsp3) is 0.667. The molecule has 0 aromatic carbocycles. The van der Waals surface area contributed by atoms with E-state index in [2.05, 4.69) is 16.9 Å². The predicted octanol–water partition coefficient (Wildman–Crippen LogP) is 1.95. The van der Waals surface area contributed by atoms with E-state index in [1.807, 2.05) is 6.92 Å². The number of ether oxygens (including phenoxy) is 3. The zero-order chi connectivity index (χ0) is 12.1. The first-order valence-corrected chi connectivity index (χ1v) is 5.97. The molecule has 1 aromatic heterocycles. The van der Waals surface area contributed by atoms with Crippen molar-refractivity contribution in [3.05, 3.63) is 18.1 Å². The maximum Gasteiger partial charge on any atom is 0.232 e. The third kappa shape index (κ3) is 3.38. The highest BCUT2D eigenvalue weighted by Crippen LogP contribution is 2.23. The van der Waals surface area contributed by atoms with Gasteiger partial charge in [-0.1, -0.05) is 13.8 Å². The minimum absolute atomic E-state index is 0.390. The van der Waals surface area contributed by atoms with Crippen LogP contribution in [0.1, 0.15) is 32.3 Å². The van der Waals surface area contributed by atoms with Crippen molar-refractivity contribution in [3.8, 4) is 5.88 Å². The van der Waals surface area contributed by atoms with Crippen LogP contribution < -0.4 is 4.74 Å². The van der Waals surface area contributed by atoms with Gasteiger partial charge < -0.3 is 14.2 Å². The Morgan fingerprint density at radius 3 is 2.65 bits per heavy atom. The maximum absolute atomic E-state index is 5.53. The third-order valence-corrected chi connectivity index (χ3v) is 2.41. The molecule has 0 unspecified atom stereocenters. The molecule has 2 heterocycles. The van der Waals surface area contributed by atoms with Gasteiger partial charge >= 0.3 is 0 Å². The summed E-state index contributed by atoms with van der Waals surface area (Å²) in [5.74, 6) is 0.978.